The Morgan fingerprint density at radius 3 is 2.30 bits per heavy atom. The molecule has 2 rings (SSSR count). The molecule has 23 heavy (non-hydrogen) atoms. The zero-order chi connectivity index (χ0) is 17.3. The maximum absolute atomic E-state index is 11.4. The van der Waals surface area contributed by atoms with E-state index in [2.05, 4.69) is 0 Å². The highest BCUT2D eigenvalue weighted by atomic mass is 35.5. The number of carbonyl (C=O) groups excluding carboxylic acids is 1. The Balaban J connectivity index is 2.32. The molecule has 0 radical (unpaired) electrons. The van der Waals surface area contributed by atoms with E-state index in [1.807, 2.05) is 58.0 Å². The molecule has 0 unspecified atom stereocenters. The van der Waals surface area contributed by atoms with E-state index in [1.165, 1.54) is 11.8 Å². The van der Waals surface area contributed by atoms with Gasteiger partial charge in [0.25, 0.3) is 0 Å². The summed E-state index contributed by atoms with van der Waals surface area (Å²) in [5, 5.41) is 0.723. The fourth-order valence-electron chi connectivity index (χ4n) is 2.15. The molecule has 1 aliphatic heterocycles. The number of hydrogen-bond acceptors (Lipinski definition) is 4. The van der Waals surface area contributed by atoms with E-state index in [1.54, 1.807) is 6.92 Å². The van der Waals surface area contributed by atoms with Gasteiger partial charge in [-0.3, -0.25) is 4.79 Å². The smallest absolute Gasteiger partial charge is 0.400 e. The number of halogens is 1. The van der Waals surface area contributed by atoms with Gasteiger partial charge in [0, 0.05) is 17.7 Å². The molecule has 1 fully saturated rings. The van der Waals surface area contributed by atoms with Crippen molar-refractivity contribution in [1.82, 2.24) is 0 Å². The fourth-order valence-corrected chi connectivity index (χ4v) is 2.93. The zero-order valence-corrected chi connectivity index (χ0v) is 15.8. The highest BCUT2D eigenvalue weighted by Gasteiger charge is 2.52. The molecule has 0 aromatic heterocycles. The van der Waals surface area contributed by atoms with Crippen LogP contribution in [0.5, 0.6) is 0 Å². The van der Waals surface area contributed by atoms with Gasteiger partial charge in [0.1, 0.15) is 0 Å². The molecule has 0 atom stereocenters. The van der Waals surface area contributed by atoms with E-state index in [0.29, 0.717) is 10.8 Å². The van der Waals surface area contributed by atoms with E-state index in [-0.39, 0.29) is 5.12 Å². The van der Waals surface area contributed by atoms with Gasteiger partial charge >= 0.3 is 7.12 Å². The van der Waals surface area contributed by atoms with Crippen molar-refractivity contribution in [3.63, 3.8) is 0 Å². The third-order valence-corrected chi connectivity index (χ3v) is 5.47. The molecule has 1 heterocycles. The number of carbonyl (C=O) groups is 1. The van der Waals surface area contributed by atoms with E-state index in [0.717, 1.165) is 11.0 Å². The lowest BCUT2D eigenvalue weighted by Crippen LogP contribution is -2.41. The first-order valence-corrected chi connectivity index (χ1v) is 8.93. The standard InChI is InChI=1S/C17H22BClO3S/c1-12(20)23-11-14(10-13-8-6-7-9-15(13)19)18-21-16(2,3)17(4,5)22-18/h6-10H,11H2,1-5H3. The summed E-state index contributed by atoms with van der Waals surface area (Å²) in [6.45, 7) is 9.61. The molecule has 0 N–H and O–H groups in total. The van der Waals surface area contributed by atoms with E-state index in [4.69, 9.17) is 20.9 Å². The summed E-state index contributed by atoms with van der Waals surface area (Å²) >= 11 is 7.49. The fraction of sp³-hybridized carbons (Fsp3) is 0.471. The van der Waals surface area contributed by atoms with Crippen LogP contribution in [0, 0.1) is 0 Å². The SMILES string of the molecule is CC(=O)SCC(=Cc1ccccc1Cl)B1OC(C)(C)C(C)(C)O1. The van der Waals surface area contributed by atoms with Crippen molar-refractivity contribution in [2.75, 3.05) is 5.75 Å². The van der Waals surface area contributed by atoms with Crippen LogP contribution in [0.1, 0.15) is 40.2 Å². The van der Waals surface area contributed by atoms with Crippen molar-refractivity contribution in [3.8, 4) is 0 Å². The summed E-state index contributed by atoms with van der Waals surface area (Å²) in [4.78, 5) is 11.4. The van der Waals surface area contributed by atoms with Gasteiger partial charge in [0.05, 0.1) is 11.2 Å². The van der Waals surface area contributed by atoms with Gasteiger partial charge in [0.2, 0.25) is 0 Å². The second kappa shape index (κ2) is 7.02. The van der Waals surface area contributed by atoms with Crippen molar-refractivity contribution >= 4 is 41.7 Å². The van der Waals surface area contributed by atoms with Gasteiger partial charge in [-0.2, -0.15) is 0 Å². The van der Waals surface area contributed by atoms with Gasteiger partial charge in [-0.15, -0.1) is 0 Å². The molecule has 6 heteroatoms. The monoisotopic (exact) mass is 352 g/mol. The van der Waals surface area contributed by atoms with Crippen LogP contribution in [-0.4, -0.2) is 29.2 Å². The Hall–Kier alpha value is -0.745. The first kappa shape index (κ1) is 18.6. The molecule has 0 bridgehead atoms. The first-order valence-electron chi connectivity index (χ1n) is 7.56. The summed E-state index contributed by atoms with van der Waals surface area (Å²) in [5.74, 6) is 0.511. The molecule has 124 valence electrons. The van der Waals surface area contributed by atoms with Gasteiger partial charge in [-0.1, -0.05) is 47.6 Å². The van der Waals surface area contributed by atoms with Gasteiger partial charge < -0.3 is 9.31 Å². The van der Waals surface area contributed by atoms with Crippen LogP contribution < -0.4 is 0 Å². The average molecular weight is 353 g/mol. The number of benzene rings is 1. The topological polar surface area (TPSA) is 35.5 Å². The van der Waals surface area contributed by atoms with Crippen molar-refractivity contribution in [3.05, 3.63) is 40.3 Å². The lowest BCUT2D eigenvalue weighted by molar-refractivity contribution is -0.109. The maximum atomic E-state index is 11.4. The highest BCUT2D eigenvalue weighted by molar-refractivity contribution is 8.13. The van der Waals surface area contributed by atoms with E-state index >= 15 is 0 Å². The number of thioether (sulfide) groups is 1. The molecule has 1 aromatic rings. The Bertz CT molecular complexity index is 612. The van der Waals surface area contributed by atoms with Crippen LogP contribution in [0.15, 0.2) is 29.7 Å². The predicted molar refractivity (Wildman–Crippen MR) is 98.7 cm³/mol. The minimum Gasteiger partial charge on any atom is -0.400 e. The second-order valence-corrected chi connectivity index (χ2v) is 8.17. The lowest BCUT2D eigenvalue weighted by atomic mass is 9.78. The molecular weight excluding hydrogens is 331 g/mol. The average Bonchev–Trinajstić information content (AvgIpc) is 2.65. The summed E-state index contributed by atoms with van der Waals surface area (Å²) < 4.78 is 12.2. The van der Waals surface area contributed by atoms with Crippen LogP contribution in [0.4, 0.5) is 0 Å². The second-order valence-electron chi connectivity index (χ2n) is 6.61. The van der Waals surface area contributed by atoms with Crippen molar-refractivity contribution in [2.45, 2.75) is 45.8 Å². The predicted octanol–water partition coefficient (Wildman–Crippen LogP) is 4.63. The molecule has 0 amide bonds. The minimum absolute atomic E-state index is 0.0616. The largest absolute Gasteiger partial charge is 0.491 e. The molecule has 1 aliphatic rings. The first-order chi connectivity index (χ1) is 10.6. The summed E-state index contributed by atoms with van der Waals surface area (Å²) in [7, 11) is -0.483. The Labute approximate surface area is 147 Å². The van der Waals surface area contributed by atoms with Crippen molar-refractivity contribution in [2.24, 2.45) is 0 Å². The van der Waals surface area contributed by atoms with Crippen molar-refractivity contribution < 1.29 is 14.1 Å². The summed E-state index contributed by atoms with van der Waals surface area (Å²) in [5.41, 5.74) is 0.955. The van der Waals surface area contributed by atoms with Crippen LogP contribution >= 0.6 is 23.4 Å². The molecular formula is C17H22BClO3S. The molecule has 1 aromatic carbocycles. The lowest BCUT2D eigenvalue weighted by Gasteiger charge is -2.32. The maximum Gasteiger partial charge on any atom is 0.491 e. The molecule has 0 saturated carbocycles. The zero-order valence-electron chi connectivity index (χ0n) is 14.2. The van der Waals surface area contributed by atoms with E-state index < -0.39 is 18.3 Å². The van der Waals surface area contributed by atoms with Crippen LogP contribution in [0.3, 0.4) is 0 Å². The van der Waals surface area contributed by atoms with Gasteiger partial charge in [-0.05, 0) is 44.8 Å². The number of hydrogen-bond donors (Lipinski definition) is 0. The minimum atomic E-state index is -0.483. The van der Waals surface area contributed by atoms with Crippen LogP contribution in [-0.2, 0) is 14.1 Å². The van der Waals surface area contributed by atoms with Crippen LogP contribution in [0.25, 0.3) is 6.08 Å². The third kappa shape index (κ3) is 4.41. The molecule has 0 aliphatic carbocycles. The Morgan fingerprint density at radius 1 is 1.22 bits per heavy atom. The summed E-state index contributed by atoms with van der Waals surface area (Å²) in [6, 6.07) is 7.59. The van der Waals surface area contributed by atoms with Gasteiger partial charge in [0.15, 0.2) is 5.12 Å². The molecule has 3 nitrogen and oxygen atoms in total. The Morgan fingerprint density at radius 2 is 1.78 bits per heavy atom. The summed E-state index contributed by atoms with van der Waals surface area (Å²) in [6.07, 6.45) is 1.96. The Kier molecular flexibility index (Phi) is 5.67. The van der Waals surface area contributed by atoms with Gasteiger partial charge in [-0.25, -0.2) is 0 Å². The molecule has 0 spiro atoms. The van der Waals surface area contributed by atoms with Crippen LogP contribution in [0.2, 0.25) is 5.02 Å². The quantitative estimate of drug-likeness (QED) is 0.740. The third-order valence-electron chi connectivity index (χ3n) is 4.24. The number of rotatable bonds is 4. The van der Waals surface area contributed by atoms with E-state index in [9.17, 15) is 4.79 Å². The highest BCUT2D eigenvalue weighted by Crippen LogP contribution is 2.39. The molecule has 1 saturated heterocycles. The normalized spacial score (nSPS) is 19.9. The van der Waals surface area contributed by atoms with Crippen molar-refractivity contribution in [1.29, 1.82) is 0 Å².